The van der Waals surface area contributed by atoms with E-state index in [4.69, 9.17) is 11.6 Å². The zero-order valence-electron chi connectivity index (χ0n) is 10.9. The average molecular weight is 302 g/mol. The molecule has 1 atom stereocenters. The largest absolute Gasteiger partial charge is 0.480 e. The van der Waals surface area contributed by atoms with E-state index in [1.54, 1.807) is 11.4 Å². The zero-order valence-corrected chi connectivity index (χ0v) is 12.4. The van der Waals surface area contributed by atoms with Crippen molar-refractivity contribution in [1.82, 2.24) is 4.90 Å². The van der Waals surface area contributed by atoms with Crippen LogP contribution >= 0.6 is 22.9 Å². The number of hydrogen-bond donors (Lipinski definition) is 1. The van der Waals surface area contributed by atoms with E-state index in [0.717, 1.165) is 12.8 Å². The summed E-state index contributed by atoms with van der Waals surface area (Å²) in [6, 6.07) is 0.858. The van der Waals surface area contributed by atoms with Gasteiger partial charge >= 0.3 is 5.97 Å². The first-order valence-corrected chi connectivity index (χ1v) is 7.37. The van der Waals surface area contributed by atoms with Crippen LogP contribution < -0.4 is 0 Å². The quantitative estimate of drug-likeness (QED) is 0.913. The number of piperidine rings is 1. The zero-order chi connectivity index (χ0) is 14.2. The standard InChI is InChI=1S/C13H16ClNO3S/c1-13(2)5-3-6-15(10(13)12(17)18)11(16)9-8(14)4-7-19-9/h4,7,10H,3,5-6H2,1-2H3,(H,17,18). The molecule has 0 saturated carbocycles. The highest BCUT2D eigenvalue weighted by Crippen LogP contribution is 2.37. The first kappa shape index (κ1) is 14.3. The Balaban J connectivity index is 2.34. The third-order valence-electron chi connectivity index (χ3n) is 3.58. The summed E-state index contributed by atoms with van der Waals surface area (Å²) in [4.78, 5) is 25.9. The number of carbonyl (C=O) groups is 2. The summed E-state index contributed by atoms with van der Waals surface area (Å²) < 4.78 is 0. The summed E-state index contributed by atoms with van der Waals surface area (Å²) >= 11 is 7.22. The summed E-state index contributed by atoms with van der Waals surface area (Å²) in [5, 5.41) is 11.6. The van der Waals surface area contributed by atoms with Gasteiger partial charge in [-0.05, 0) is 29.7 Å². The number of halogens is 1. The summed E-state index contributed by atoms with van der Waals surface area (Å²) in [5.41, 5.74) is -0.427. The Morgan fingerprint density at radius 2 is 2.21 bits per heavy atom. The van der Waals surface area contributed by atoms with E-state index in [-0.39, 0.29) is 5.91 Å². The second-order valence-electron chi connectivity index (χ2n) is 5.43. The minimum absolute atomic E-state index is 0.278. The molecule has 104 valence electrons. The molecule has 1 saturated heterocycles. The van der Waals surface area contributed by atoms with Crippen molar-refractivity contribution in [2.75, 3.05) is 6.54 Å². The molecule has 0 spiro atoms. The van der Waals surface area contributed by atoms with Crippen LogP contribution in [0.4, 0.5) is 0 Å². The van der Waals surface area contributed by atoms with Crippen LogP contribution in [0.5, 0.6) is 0 Å². The molecule has 4 nitrogen and oxygen atoms in total. The second kappa shape index (κ2) is 5.13. The second-order valence-corrected chi connectivity index (χ2v) is 6.75. The van der Waals surface area contributed by atoms with Gasteiger partial charge in [0.15, 0.2) is 0 Å². The van der Waals surface area contributed by atoms with E-state index in [9.17, 15) is 14.7 Å². The van der Waals surface area contributed by atoms with Crippen LogP contribution in [0.3, 0.4) is 0 Å². The lowest BCUT2D eigenvalue weighted by Gasteiger charge is -2.43. The van der Waals surface area contributed by atoms with Crippen LogP contribution in [0.25, 0.3) is 0 Å². The number of amides is 1. The van der Waals surface area contributed by atoms with Gasteiger partial charge in [0.05, 0.1) is 5.02 Å². The van der Waals surface area contributed by atoms with Crippen molar-refractivity contribution in [2.24, 2.45) is 5.41 Å². The first-order valence-electron chi connectivity index (χ1n) is 6.11. The van der Waals surface area contributed by atoms with Gasteiger partial charge in [0.25, 0.3) is 5.91 Å². The molecule has 1 unspecified atom stereocenters. The van der Waals surface area contributed by atoms with Gasteiger partial charge in [-0.1, -0.05) is 25.4 Å². The van der Waals surface area contributed by atoms with Crippen LogP contribution in [0.15, 0.2) is 11.4 Å². The number of rotatable bonds is 2. The van der Waals surface area contributed by atoms with Gasteiger partial charge in [-0.3, -0.25) is 4.79 Å². The number of carboxylic acids is 1. The van der Waals surface area contributed by atoms with Crippen molar-refractivity contribution in [3.05, 3.63) is 21.3 Å². The highest BCUT2D eigenvalue weighted by atomic mass is 35.5. The van der Waals surface area contributed by atoms with Crippen LogP contribution in [0, 0.1) is 5.41 Å². The predicted octanol–water partition coefficient (Wildman–Crippen LogP) is 3.12. The maximum atomic E-state index is 12.5. The summed E-state index contributed by atoms with van der Waals surface area (Å²) in [5.74, 6) is -1.23. The Morgan fingerprint density at radius 1 is 1.53 bits per heavy atom. The minimum Gasteiger partial charge on any atom is -0.480 e. The maximum Gasteiger partial charge on any atom is 0.326 e. The highest BCUT2D eigenvalue weighted by Gasteiger charge is 2.45. The molecule has 1 aromatic heterocycles. The van der Waals surface area contributed by atoms with Crippen LogP contribution in [0.2, 0.25) is 5.02 Å². The first-order chi connectivity index (χ1) is 8.84. The SMILES string of the molecule is CC1(C)CCCN(C(=O)c2sccc2Cl)C1C(=O)O. The number of nitrogens with zero attached hydrogens (tertiary/aromatic N) is 1. The summed E-state index contributed by atoms with van der Waals surface area (Å²) in [6.07, 6.45) is 1.61. The van der Waals surface area contributed by atoms with Gasteiger partial charge < -0.3 is 10.0 Å². The Hall–Kier alpha value is -1.07. The Kier molecular flexibility index (Phi) is 3.87. The van der Waals surface area contributed by atoms with E-state index >= 15 is 0 Å². The molecule has 0 aliphatic carbocycles. The fourth-order valence-electron chi connectivity index (χ4n) is 2.66. The molecule has 1 aliphatic heterocycles. The molecular weight excluding hydrogens is 286 g/mol. The molecule has 2 heterocycles. The van der Waals surface area contributed by atoms with Gasteiger partial charge in [-0.15, -0.1) is 11.3 Å². The molecule has 0 radical (unpaired) electrons. The highest BCUT2D eigenvalue weighted by molar-refractivity contribution is 7.12. The van der Waals surface area contributed by atoms with Crippen molar-refractivity contribution in [3.8, 4) is 0 Å². The van der Waals surface area contributed by atoms with E-state index in [1.165, 1.54) is 16.2 Å². The van der Waals surface area contributed by atoms with Crippen LogP contribution in [0.1, 0.15) is 36.4 Å². The fraction of sp³-hybridized carbons (Fsp3) is 0.538. The minimum atomic E-state index is -0.953. The number of likely N-dealkylation sites (tertiary alicyclic amines) is 1. The average Bonchev–Trinajstić information content (AvgIpc) is 2.72. The van der Waals surface area contributed by atoms with E-state index < -0.39 is 17.4 Å². The Labute approximate surface area is 121 Å². The normalized spacial score (nSPS) is 22.3. The van der Waals surface area contributed by atoms with Crippen LogP contribution in [-0.4, -0.2) is 34.5 Å². The lowest BCUT2D eigenvalue weighted by atomic mass is 9.76. The molecular formula is C13H16ClNO3S. The van der Waals surface area contributed by atoms with Crippen molar-refractivity contribution < 1.29 is 14.7 Å². The fourth-order valence-corrected chi connectivity index (χ4v) is 3.75. The van der Waals surface area contributed by atoms with Gasteiger partial charge in [0.1, 0.15) is 10.9 Å². The van der Waals surface area contributed by atoms with Crippen molar-refractivity contribution in [1.29, 1.82) is 0 Å². The van der Waals surface area contributed by atoms with Gasteiger partial charge in [0.2, 0.25) is 0 Å². The molecule has 0 bridgehead atoms. The van der Waals surface area contributed by atoms with E-state index in [0.29, 0.717) is 16.4 Å². The molecule has 1 N–H and O–H groups in total. The molecule has 1 aromatic rings. The van der Waals surface area contributed by atoms with Gasteiger partial charge in [-0.25, -0.2) is 4.79 Å². The third kappa shape index (κ3) is 2.62. The molecule has 6 heteroatoms. The van der Waals surface area contributed by atoms with Gasteiger partial charge in [-0.2, -0.15) is 0 Å². The van der Waals surface area contributed by atoms with Gasteiger partial charge in [0, 0.05) is 6.54 Å². The van der Waals surface area contributed by atoms with Crippen LogP contribution in [-0.2, 0) is 4.79 Å². The molecule has 1 aliphatic rings. The summed E-state index contributed by atoms with van der Waals surface area (Å²) in [7, 11) is 0. The lowest BCUT2D eigenvalue weighted by Crippen LogP contribution is -2.56. The van der Waals surface area contributed by atoms with Crippen molar-refractivity contribution in [3.63, 3.8) is 0 Å². The number of thiophene rings is 1. The smallest absolute Gasteiger partial charge is 0.326 e. The topological polar surface area (TPSA) is 57.6 Å². The monoisotopic (exact) mass is 301 g/mol. The van der Waals surface area contributed by atoms with E-state index in [2.05, 4.69) is 0 Å². The Morgan fingerprint density at radius 3 is 2.74 bits per heavy atom. The predicted molar refractivity (Wildman–Crippen MR) is 74.8 cm³/mol. The third-order valence-corrected chi connectivity index (χ3v) is 4.91. The lowest BCUT2D eigenvalue weighted by molar-refractivity contribution is -0.148. The molecule has 0 aromatic carbocycles. The van der Waals surface area contributed by atoms with Crippen molar-refractivity contribution in [2.45, 2.75) is 32.7 Å². The molecule has 1 fully saturated rings. The molecule has 19 heavy (non-hydrogen) atoms. The Bertz CT molecular complexity index is 512. The van der Waals surface area contributed by atoms with E-state index in [1.807, 2.05) is 13.8 Å². The maximum absolute atomic E-state index is 12.5. The number of hydrogen-bond acceptors (Lipinski definition) is 3. The molecule has 1 amide bonds. The molecule has 2 rings (SSSR count). The number of carbonyl (C=O) groups excluding carboxylic acids is 1. The summed E-state index contributed by atoms with van der Waals surface area (Å²) in [6.45, 7) is 4.25. The number of aliphatic carboxylic acids is 1. The van der Waals surface area contributed by atoms with Crippen molar-refractivity contribution >= 4 is 34.8 Å². The number of carboxylic acid groups (broad SMARTS) is 1.